The van der Waals surface area contributed by atoms with Gasteiger partial charge in [0, 0.05) is 17.8 Å². The number of nitrogens with one attached hydrogen (secondary N) is 1. The van der Waals surface area contributed by atoms with Crippen molar-refractivity contribution in [2.75, 3.05) is 11.8 Å². The maximum absolute atomic E-state index is 12.3. The van der Waals surface area contributed by atoms with Gasteiger partial charge in [-0.1, -0.05) is 0 Å². The van der Waals surface area contributed by atoms with Crippen LogP contribution in [0.3, 0.4) is 0 Å². The fourth-order valence-corrected chi connectivity index (χ4v) is 3.47. The summed E-state index contributed by atoms with van der Waals surface area (Å²) in [7, 11) is -2.54. The molecular weight excluding hydrogens is 366 g/mol. The Bertz CT molecular complexity index is 759. The van der Waals surface area contributed by atoms with Crippen LogP contribution in [0.4, 0.5) is 5.95 Å². The molecule has 0 bridgehead atoms. The van der Waals surface area contributed by atoms with Crippen LogP contribution in [-0.2, 0) is 16.6 Å². The molecule has 2 N–H and O–H groups in total. The van der Waals surface area contributed by atoms with E-state index in [-0.39, 0.29) is 27.2 Å². The number of furan rings is 1. The number of hydrogen-bond donors (Lipinski definition) is 2. The summed E-state index contributed by atoms with van der Waals surface area (Å²) < 4.78 is 36.7. The third-order valence-electron chi connectivity index (χ3n) is 2.42. The molecule has 2 aromatic rings. The lowest BCUT2D eigenvalue weighted by atomic mass is 10.4. The zero-order valence-electron chi connectivity index (χ0n) is 11.1. The minimum Gasteiger partial charge on any atom is -0.481 e. The molecule has 0 spiro atoms. The molecule has 2 aromatic heterocycles. The van der Waals surface area contributed by atoms with Gasteiger partial charge in [-0.3, -0.25) is 0 Å². The number of aliphatic hydroxyl groups is 1. The number of halogens is 1. The van der Waals surface area contributed by atoms with Gasteiger partial charge in [-0.2, -0.15) is 4.98 Å². The van der Waals surface area contributed by atoms with Crippen molar-refractivity contribution in [1.82, 2.24) is 9.97 Å². The van der Waals surface area contributed by atoms with Gasteiger partial charge in [0.15, 0.2) is 4.67 Å². The minimum absolute atomic E-state index is 0.0151. The number of aromatic nitrogens is 2. The summed E-state index contributed by atoms with van der Waals surface area (Å²) in [4.78, 5) is 7.72. The molecule has 0 radical (unpaired) electrons. The van der Waals surface area contributed by atoms with E-state index >= 15 is 0 Å². The van der Waals surface area contributed by atoms with Gasteiger partial charge in [-0.05, 0) is 22.9 Å². The van der Waals surface area contributed by atoms with Crippen molar-refractivity contribution >= 4 is 31.9 Å². The third kappa shape index (κ3) is 3.52. The first kappa shape index (κ1) is 15.7. The normalized spacial score (nSPS) is 11.4. The Morgan fingerprint density at radius 3 is 2.71 bits per heavy atom. The van der Waals surface area contributed by atoms with Crippen LogP contribution in [0.1, 0.15) is 11.5 Å². The highest BCUT2D eigenvalue weighted by atomic mass is 79.9. The van der Waals surface area contributed by atoms with Gasteiger partial charge < -0.3 is 14.3 Å². The Balaban J connectivity index is 2.37. The lowest BCUT2D eigenvalue weighted by molar-refractivity contribution is 0.245. The Morgan fingerprint density at radius 1 is 1.43 bits per heavy atom. The lowest BCUT2D eigenvalue weighted by Gasteiger charge is -2.07. The maximum atomic E-state index is 12.3. The molecule has 0 aliphatic carbocycles. The summed E-state index contributed by atoms with van der Waals surface area (Å²) in [6.07, 6.45) is 0. The van der Waals surface area contributed by atoms with Crippen LogP contribution in [0.2, 0.25) is 0 Å². The number of rotatable bonds is 5. The number of aliphatic hydroxyl groups excluding tert-OH is 1. The molecule has 114 valence electrons. The van der Waals surface area contributed by atoms with Crippen LogP contribution in [0, 0.1) is 6.92 Å². The van der Waals surface area contributed by atoms with Crippen molar-refractivity contribution in [3.63, 3.8) is 0 Å². The van der Waals surface area contributed by atoms with E-state index in [1.165, 1.54) is 13.2 Å². The molecule has 8 nitrogen and oxygen atoms in total. The first-order chi connectivity index (χ1) is 9.85. The average molecular weight is 378 g/mol. The monoisotopic (exact) mass is 377 g/mol. The Kier molecular flexibility index (Phi) is 4.49. The molecule has 2 rings (SSSR count). The molecule has 0 fully saturated rings. The number of sulfonamides is 1. The lowest BCUT2D eigenvalue weighted by Crippen LogP contribution is -2.15. The SMILES string of the molecule is COc1cc(C)nc(NS(=O)(=O)c2cc(CO)oc2Br)n1. The van der Waals surface area contributed by atoms with Crippen LogP contribution in [0.15, 0.2) is 26.1 Å². The second-order valence-electron chi connectivity index (χ2n) is 3.99. The number of nitrogens with zero attached hydrogens (tertiary/aromatic N) is 2. The summed E-state index contributed by atoms with van der Waals surface area (Å²) in [6.45, 7) is 1.27. The van der Waals surface area contributed by atoms with E-state index in [1.54, 1.807) is 13.0 Å². The van der Waals surface area contributed by atoms with E-state index < -0.39 is 16.6 Å². The van der Waals surface area contributed by atoms with Crippen LogP contribution in [0.5, 0.6) is 5.88 Å². The maximum Gasteiger partial charge on any atom is 0.268 e. The molecule has 21 heavy (non-hydrogen) atoms. The standard InChI is InChI=1S/C11H12BrN3O5S/c1-6-3-9(19-2)14-11(13-6)15-21(17,18)8-4-7(5-16)20-10(8)12/h3-4,16H,5H2,1-2H3,(H,13,14,15). The number of anilines is 1. The number of methoxy groups -OCH3 is 1. The fourth-order valence-electron chi connectivity index (χ4n) is 1.52. The summed E-state index contributed by atoms with van der Waals surface area (Å²) >= 11 is 2.99. The molecule has 0 saturated heterocycles. The molecule has 0 aliphatic rings. The smallest absolute Gasteiger partial charge is 0.268 e. The minimum atomic E-state index is -3.96. The van der Waals surface area contributed by atoms with E-state index in [2.05, 4.69) is 30.6 Å². The van der Waals surface area contributed by atoms with Crippen molar-refractivity contribution < 1.29 is 22.7 Å². The molecule has 0 atom stereocenters. The van der Waals surface area contributed by atoms with Crippen LogP contribution >= 0.6 is 15.9 Å². The van der Waals surface area contributed by atoms with Crippen molar-refractivity contribution in [2.45, 2.75) is 18.4 Å². The van der Waals surface area contributed by atoms with E-state index in [0.29, 0.717) is 5.69 Å². The van der Waals surface area contributed by atoms with E-state index in [0.717, 1.165) is 0 Å². The Labute approximate surface area is 129 Å². The summed E-state index contributed by atoms with van der Waals surface area (Å²) in [6, 6.07) is 2.77. The fraction of sp³-hybridized carbons (Fsp3) is 0.273. The van der Waals surface area contributed by atoms with Crippen LogP contribution in [-0.4, -0.2) is 30.6 Å². The highest BCUT2D eigenvalue weighted by molar-refractivity contribution is 9.10. The molecule has 0 saturated carbocycles. The zero-order chi connectivity index (χ0) is 15.6. The van der Waals surface area contributed by atoms with Gasteiger partial charge in [-0.15, -0.1) is 0 Å². The highest BCUT2D eigenvalue weighted by Crippen LogP contribution is 2.27. The summed E-state index contributed by atoms with van der Waals surface area (Å²) in [5, 5.41) is 8.96. The predicted molar refractivity (Wildman–Crippen MR) is 76.5 cm³/mol. The Morgan fingerprint density at radius 2 is 2.14 bits per heavy atom. The number of aryl methyl sites for hydroxylation is 1. The zero-order valence-corrected chi connectivity index (χ0v) is 13.5. The van der Waals surface area contributed by atoms with Gasteiger partial charge in [-0.25, -0.2) is 18.1 Å². The van der Waals surface area contributed by atoms with Gasteiger partial charge in [0.1, 0.15) is 17.3 Å². The van der Waals surface area contributed by atoms with Gasteiger partial charge in [0.2, 0.25) is 11.8 Å². The number of ether oxygens (including phenoxy) is 1. The highest BCUT2D eigenvalue weighted by Gasteiger charge is 2.23. The summed E-state index contributed by atoms with van der Waals surface area (Å²) in [5.74, 6) is 0.234. The average Bonchev–Trinajstić information content (AvgIpc) is 2.79. The quantitative estimate of drug-likeness (QED) is 0.809. The van der Waals surface area contributed by atoms with E-state index in [4.69, 9.17) is 14.3 Å². The Hall–Kier alpha value is -1.65. The van der Waals surface area contributed by atoms with E-state index in [1.807, 2.05) is 0 Å². The molecule has 10 heteroatoms. The first-order valence-corrected chi connectivity index (χ1v) is 7.95. The van der Waals surface area contributed by atoms with Crippen molar-refractivity contribution in [2.24, 2.45) is 0 Å². The largest absolute Gasteiger partial charge is 0.481 e. The molecule has 0 aliphatic heterocycles. The van der Waals surface area contributed by atoms with Gasteiger partial charge >= 0.3 is 0 Å². The third-order valence-corrected chi connectivity index (χ3v) is 4.60. The predicted octanol–water partition coefficient (Wildman–Crippen LogP) is 1.44. The molecule has 0 aromatic carbocycles. The second-order valence-corrected chi connectivity index (χ2v) is 6.36. The number of hydrogen-bond acceptors (Lipinski definition) is 7. The van der Waals surface area contributed by atoms with Crippen molar-refractivity contribution in [3.05, 3.63) is 28.3 Å². The molecular formula is C11H12BrN3O5S. The van der Waals surface area contributed by atoms with E-state index in [9.17, 15) is 8.42 Å². The summed E-state index contributed by atoms with van der Waals surface area (Å²) in [5.41, 5.74) is 0.543. The molecule has 2 heterocycles. The van der Waals surface area contributed by atoms with Gasteiger partial charge in [0.25, 0.3) is 10.0 Å². The van der Waals surface area contributed by atoms with Gasteiger partial charge in [0.05, 0.1) is 7.11 Å². The molecule has 0 unspecified atom stereocenters. The topological polar surface area (TPSA) is 115 Å². The molecule has 0 amide bonds. The van der Waals surface area contributed by atoms with Crippen molar-refractivity contribution in [3.8, 4) is 5.88 Å². The van der Waals surface area contributed by atoms with Crippen LogP contribution < -0.4 is 9.46 Å². The first-order valence-electron chi connectivity index (χ1n) is 5.67. The van der Waals surface area contributed by atoms with Crippen molar-refractivity contribution in [1.29, 1.82) is 0 Å². The second kappa shape index (κ2) is 6.00. The van der Waals surface area contributed by atoms with Crippen LogP contribution in [0.25, 0.3) is 0 Å².